The second-order valence-electron chi connectivity index (χ2n) is 4.47. The molecule has 0 heterocycles. The molecule has 0 saturated carbocycles. The predicted octanol–water partition coefficient (Wildman–Crippen LogP) is 2.25. The van der Waals surface area contributed by atoms with Gasteiger partial charge in [0.2, 0.25) is 5.91 Å². The van der Waals surface area contributed by atoms with Crippen LogP contribution in [0.4, 0.5) is 0 Å². The number of carbonyl (C=O) groups is 1. The highest BCUT2D eigenvalue weighted by Crippen LogP contribution is 2.17. The van der Waals surface area contributed by atoms with Crippen LogP contribution in [0.2, 0.25) is 5.02 Å². The lowest BCUT2D eigenvalue weighted by molar-refractivity contribution is -0.125. The molecule has 0 fully saturated rings. The Hall–Kier alpha value is -1.06. The summed E-state index contributed by atoms with van der Waals surface area (Å²) >= 11 is 5.88. The SMILES string of the molecule is C[C@@H](NC(=O)C(C)(C)N)c1cccc(Cl)c1. The molecule has 0 unspecified atom stereocenters. The number of benzene rings is 1. The molecule has 1 atom stereocenters. The molecule has 3 nitrogen and oxygen atoms in total. The van der Waals surface area contributed by atoms with E-state index in [0.29, 0.717) is 5.02 Å². The summed E-state index contributed by atoms with van der Waals surface area (Å²) in [5.41, 5.74) is 5.79. The third-order valence-electron chi connectivity index (χ3n) is 2.28. The van der Waals surface area contributed by atoms with Gasteiger partial charge < -0.3 is 11.1 Å². The molecule has 1 aromatic rings. The van der Waals surface area contributed by atoms with Crippen molar-refractivity contribution in [1.82, 2.24) is 5.32 Å². The van der Waals surface area contributed by atoms with Gasteiger partial charge in [0.05, 0.1) is 11.6 Å². The molecule has 1 amide bonds. The second-order valence-corrected chi connectivity index (χ2v) is 4.91. The van der Waals surface area contributed by atoms with Crippen LogP contribution in [0, 0.1) is 0 Å². The maximum Gasteiger partial charge on any atom is 0.239 e. The molecule has 0 aliphatic rings. The molecular formula is C12H17ClN2O. The normalized spacial score (nSPS) is 13.3. The van der Waals surface area contributed by atoms with Crippen LogP contribution in [-0.2, 0) is 4.79 Å². The van der Waals surface area contributed by atoms with Gasteiger partial charge in [0.25, 0.3) is 0 Å². The highest BCUT2D eigenvalue weighted by molar-refractivity contribution is 6.30. The van der Waals surface area contributed by atoms with Gasteiger partial charge in [-0.3, -0.25) is 4.79 Å². The first-order valence-electron chi connectivity index (χ1n) is 5.16. The number of amides is 1. The van der Waals surface area contributed by atoms with Crippen molar-refractivity contribution in [2.24, 2.45) is 5.73 Å². The fraction of sp³-hybridized carbons (Fsp3) is 0.417. The Morgan fingerprint density at radius 2 is 2.12 bits per heavy atom. The maximum atomic E-state index is 11.7. The van der Waals surface area contributed by atoms with E-state index >= 15 is 0 Å². The van der Waals surface area contributed by atoms with E-state index in [1.54, 1.807) is 19.9 Å². The van der Waals surface area contributed by atoms with Gasteiger partial charge in [-0.25, -0.2) is 0 Å². The summed E-state index contributed by atoms with van der Waals surface area (Å²) in [6, 6.07) is 7.30. The molecule has 0 bridgehead atoms. The molecule has 0 aliphatic heterocycles. The van der Waals surface area contributed by atoms with Crippen molar-refractivity contribution in [2.75, 3.05) is 0 Å². The standard InChI is InChI=1S/C12H17ClN2O/c1-8(15-11(16)12(2,3)14)9-5-4-6-10(13)7-9/h4-8H,14H2,1-3H3,(H,15,16)/t8-/m1/s1. The van der Waals surface area contributed by atoms with E-state index in [-0.39, 0.29) is 11.9 Å². The number of hydrogen-bond donors (Lipinski definition) is 2. The first-order valence-corrected chi connectivity index (χ1v) is 5.54. The molecule has 0 spiro atoms. The van der Waals surface area contributed by atoms with Gasteiger partial charge in [0, 0.05) is 5.02 Å². The number of nitrogens with two attached hydrogens (primary N) is 1. The average molecular weight is 241 g/mol. The van der Waals surface area contributed by atoms with E-state index in [0.717, 1.165) is 5.56 Å². The zero-order valence-corrected chi connectivity index (χ0v) is 10.5. The topological polar surface area (TPSA) is 55.1 Å². The van der Waals surface area contributed by atoms with Gasteiger partial charge in [-0.15, -0.1) is 0 Å². The zero-order chi connectivity index (χ0) is 12.3. The number of carbonyl (C=O) groups excluding carboxylic acids is 1. The molecule has 16 heavy (non-hydrogen) atoms. The first-order chi connectivity index (χ1) is 7.30. The molecule has 1 rings (SSSR count). The third-order valence-corrected chi connectivity index (χ3v) is 2.52. The van der Waals surface area contributed by atoms with Crippen LogP contribution in [-0.4, -0.2) is 11.4 Å². The minimum atomic E-state index is -0.868. The van der Waals surface area contributed by atoms with Crippen molar-refractivity contribution in [3.63, 3.8) is 0 Å². The highest BCUT2D eigenvalue weighted by Gasteiger charge is 2.23. The molecule has 3 N–H and O–H groups in total. The van der Waals surface area contributed by atoms with E-state index in [1.807, 2.05) is 25.1 Å². The van der Waals surface area contributed by atoms with Crippen molar-refractivity contribution in [1.29, 1.82) is 0 Å². The van der Waals surface area contributed by atoms with Crippen molar-refractivity contribution in [3.05, 3.63) is 34.9 Å². The van der Waals surface area contributed by atoms with Gasteiger partial charge in [-0.05, 0) is 38.5 Å². The highest BCUT2D eigenvalue weighted by atomic mass is 35.5. The smallest absolute Gasteiger partial charge is 0.239 e. The molecule has 0 saturated heterocycles. The molecular weight excluding hydrogens is 224 g/mol. The molecule has 0 aliphatic carbocycles. The molecule has 4 heteroatoms. The van der Waals surface area contributed by atoms with Gasteiger partial charge in [0.15, 0.2) is 0 Å². The Labute approximate surface area is 101 Å². The van der Waals surface area contributed by atoms with Crippen LogP contribution in [0.25, 0.3) is 0 Å². The second kappa shape index (κ2) is 4.85. The predicted molar refractivity (Wildman–Crippen MR) is 66.3 cm³/mol. The van der Waals surface area contributed by atoms with Crippen LogP contribution >= 0.6 is 11.6 Å². The molecule has 1 aromatic carbocycles. The number of rotatable bonds is 3. The summed E-state index contributed by atoms with van der Waals surface area (Å²) < 4.78 is 0. The lowest BCUT2D eigenvalue weighted by atomic mass is 10.0. The maximum absolute atomic E-state index is 11.7. The fourth-order valence-electron chi connectivity index (χ4n) is 1.24. The average Bonchev–Trinajstić information content (AvgIpc) is 2.16. The Morgan fingerprint density at radius 3 is 2.62 bits per heavy atom. The van der Waals surface area contributed by atoms with E-state index in [1.165, 1.54) is 0 Å². The van der Waals surface area contributed by atoms with E-state index in [2.05, 4.69) is 5.32 Å². The Bertz CT molecular complexity index is 385. The summed E-state index contributed by atoms with van der Waals surface area (Å²) in [5.74, 6) is -0.181. The van der Waals surface area contributed by atoms with Crippen molar-refractivity contribution in [3.8, 4) is 0 Å². The number of nitrogens with one attached hydrogen (secondary N) is 1. The zero-order valence-electron chi connectivity index (χ0n) is 9.75. The minimum absolute atomic E-state index is 0.103. The summed E-state index contributed by atoms with van der Waals surface area (Å²) in [6.45, 7) is 5.25. The van der Waals surface area contributed by atoms with Crippen LogP contribution in [0.3, 0.4) is 0 Å². The van der Waals surface area contributed by atoms with E-state index in [4.69, 9.17) is 17.3 Å². The Morgan fingerprint density at radius 1 is 1.50 bits per heavy atom. The van der Waals surface area contributed by atoms with Crippen molar-refractivity contribution in [2.45, 2.75) is 32.4 Å². The fourth-order valence-corrected chi connectivity index (χ4v) is 1.44. The minimum Gasteiger partial charge on any atom is -0.348 e. The lowest BCUT2D eigenvalue weighted by Crippen LogP contribution is -2.49. The third kappa shape index (κ3) is 3.51. The summed E-state index contributed by atoms with van der Waals surface area (Å²) in [4.78, 5) is 11.7. The number of hydrogen-bond acceptors (Lipinski definition) is 2. The quantitative estimate of drug-likeness (QED) is 0.852. The van der Waals surface area contributed by atoms with Crippen LogP contribution < -0.4 is 11.1 Å². The summed E-state index contributed by atoms with van der Waals surface area (Å²) in [6.07, 6.45) is 0. The van der Waals surface area contributed by atoms with Gasteiger partial charge in [-0.1, -0.05) is 23.7 Å². The van der Waals surface area contributed by atoms with Crippen LogP contribution in [0.15, 0.2) is 24.3 Å². The number of halogens is 1. The monoisotopic (exact) mass is 240 g/mol. The van der Waals surface area contributed by atoms with Crippen LogP contribution in [0.1, 0.15) is 32.4 Å². The van der Waals surface area contributed by atoms with E-state index < -0.39 is 5.54 Å². The van der Waals surface area contributed by atoms with Gasteiger partial charge >= 0.3 is 0 Å². The van der Waals surface area contributed by atoms with Gasteiger partial charge in [0.1, 0.15) is 0 Å². The molecule has 0 aromatic heterocycles. The van der Waals surface area contributed by atoms with Crippen molar-refractivity contribution >= 4 is 17.5 Å². The molecule has 0 radical (unpaired) electrons. The van der Waals surface area contributed by atoms with E-state index in [9.17, 15) is 4.79 Å². The Kier molecular flexibility index (Phi) is 3.94. The first kappa shape index (κ1) is 13.0. The Balaban J connectivity index is 2.73. The van der Waals surface area contributed by atoms with Crippen molar-refractivity contribution < 1.29 is 4.79 Å². The lowest BCUT2D eigenvalue weighted by Gasteiger charge is -2.22. The summed E-state index contributed by atoms with van der Waals surface area (Å²) in [5, 5.41) is 3.50. The van der Waals surface area contributed by atoms with Gasteiger partial charge in [-0.2, -0.15) is 0 Å². The van der Waals surface area contributed by atoms with Crippen LogP contribution in [0.5, 0.6) is 0 Å². The summed E-state index contributed by atoms with van der Waals surface area (Å²) in [7, 11) is 0. The molecule has 88 valence electrons. The largest absolute Gasteiger partial charge is 0.348 e.